The van der Waals surface area contributed by atoms with Crippen molar-refractivity contribution in [3.05, 3.63) is 22.8 Å². The summed E-state index contributed by atoms with van der Waals surface area (Å²) in [5, 5.41) is 0. The van der Waals surface area contributed by atoms with Gasteiger partial charge in [-0.3, -0.25) is 4.79 Å². The number of hydrogen-bond acceptors (Lipinski definition) is 1. The van der Waals surface area contributed by atoms with E-state index < -0.39 is 0 Å². The van der Waals surface area contributed by atoms with Crippen molar-refractivity contribution in [2.24, 2.45) is 5.41 Å². The van der Waals surface area contributed by atoms with Gasteiger partial charge in [0, 0.05) is 6.42 Å². The lowest BCUT2D eigenvalue weighted by atomic mass is 9.72. The average molecular weight is 220 g/mol. The van der Waals surface area contributed by atoms with Gasteiger partial charge in [-0.1, -0.05) is 32.4 Å². The molecule has 0 atom stereocenters. The minimum Gasteiger partial charge on any atom is -0.295 e. The topological polar surface area (TPSA) is 17.1 Å². The van der Waals surface area contributed by atoms with Crippen LogP contribution in [0.4, 0.5) is 0 Å². The molecule has 0 N–H and O–H groups in total. The van der Waals surface area contributed by atoms with Crippen LogP contribution in [-0.4, -0.2) is 5.78 Å². The molecule has 0 heterocycles. The number of allylic oxidation sites excluding steroid dienone is 4. The Bertz CT molecular complexity index is 342. The molecule has 1 aliphatic rings. The van der Waals surface area contributed by atoms with Gasteiger partial charge in [-0.15, -0.1) is 0 Å². The van der Waals surface area contributed by atoms with Crippen LogP contribution in [0.25, 0.3) is 0 Å². The molecular weight excluding hydrogens is 196 g/mol. The van der Waals surface area contributed by atoms with Crippen LogP contribution in [0.2, 0.25) is 0 Å². The predicted octanol–water partition coefficient (Wildman–Crippen LogP) is 4.44. The summed E-state index contributed by atoms with van der Waals surface area (Å²) in [6.45, 7) is 10.6. The van der Waals surface area contributed by atoms with E-state index in [1.54, 1.807) is 0 Å². The maximum atomic E-state index is 11.6. The second kappa shape index (κ2) is 4.99. The fraction of sp³-hybridized carbons (Fsp3) is 0.667. The van der Waals surface area contributed by atoms with Crippen LogP contribution in [0.1, 0.15) is 60.3 Å². The first-order valence-electron chi connectivity index (χ1n) is 6.30. The third kappa shape index (κ3) is 2.84. The lowest BCUT2D eigenvalue weighted by molar-refractivity contribution is -0.115. The molecule has 0 spiro atoms. The third-order valence-electron chi connectivity index (χ3n) is 3.66. The molecule has 1 nitrogen and oxygen atoms in total. The van der Waals surface area contributed by atoms with Crippen molar-refractivity contribution in [1.29, 1.82) is 0 Å². The number of carbonyl (C=O) groups is 1. The Morgan fingerprint density at radius 3 is 2.56 bits per heavy atom. The fourth-order valence-corrected chi connectivity index (χ4v) is 2.54. The molecule has 0 amide bonds. The minimum atomic E-state index is 0.234. The highest BCUT2D eigenvalue weighted by atomic mass is 16.1. The Kier molecular flexibility index (Phi) is 4.12. The molecule has 0 unspecified atom stereocenters. The quantitative estimate of drug-likeness (QED) is 0.643. The third-order valence-corrected chi connectivity index (χ3v) is 3.66. The molecule has 16 heavy (non-hydrogen) atoms. The largest absolute Gasteiger partial charge is 0.295 e. The highest BCUT2D eigenvalue weighted by Gasteiger charge is 2.27. The van der Waals surface area contributed by atoms with Gasteiger partial charge in [0.2, 0.25) is 0 Å². The molecule has 0 aromatic rings. The van der Waals surface area contributed by atoms with Gasteiger partial charge in [-0.2, -0.15) is 0 Å². The molecule has 0 bridgehead atoms. The maximum Gasteiger partial charge on any atom is 0.158 e. The predicted molar refractivity (Wildman–Crippen MR) is 69.4 cm³/mol. The number of hydrogen-bond donors (Lipinski definition) is 0. The van der Waals surface area contributed by atoms with Gasteiger partial charge in [-0.25, -0.2) is 0 Å². The van der Waals surface area contributed by atoms with E-state index in [1.165, 1.54) is 30.4 Å². The molecule has 0 radical (unpaired) electrons. The molecule has 90 valence electrons. The first kappa shape index (κ1) is 13.2. The zero-order chi connectivity index (χ0) is 12.3. The summed E-state index contributed by atoms with van der Waals surface area (Å²) in [5.74, 6) is 0.265. The van der Waals surface area contributed by atoms with Gasteiger partial charge in [0.15, 0.2) is 5.78 Å². The van der Waals surface area contributed by atoms with Crippen LogP contribution in [0.3, 0.4) is 0 Å². The Hall–Kier alpha value is -0.850. The van der Waals surface area contributed by atoms with Gasteiger partial charge in [0.05, 0.1) is 0 Å². The van der Waals surface area contributed by atoms with E-state index in [9.17, 15) is 4.79 Å². The molecule has 0 aromatic heterocycles. The van der Waals surface area contributed by atoms with Crippen molar-refractivity contribution in [3.8, 4) is 0 Å². The van der Waals surface area contributed by atoms with Crippen molar-refractivity contribution >= 4 is 5.78 Å². The zero-order valence-electron chi connectivity index (χ0n) is 11.3. The lowest BCUT2D eigenvalue weighted by Crippen LogP contribution is -2.19. The van der Waals surface area contributed by atoms with Gasteiger partial charge < -0.3 is 0 Å². The molecular formula is C15H24O. The van der Waals surface area contributed by atoms with Gasteiger partial charge in [0.25, 0.3) is 0 Å². The highest BCUT2D eigenvalue weighted by molar-refractivity contribution is 5.95. The van der Waals surface area contributed by atoms with Gasteiger partial charge in [0.1, 0.15) is 0 Å². The standard InChI is InChI=1S/C15H24O/c1-6-14(16)12(3)10-13-11(2)8-7-9-15(13,4)5/h10H,6-9H2,1-5H3. The summed E-state index contributed by atoms with van der Waals surface area (Å²) in [6, 6.07) is 0. The van der Waals surface area contributed by atoms with Crippen LogP contribution >= 0.6 is 0 Å². The number of Topliss-reactive ketones (excluding diaryl/α,β-unsaturated/α-hetero) is 1. The summed E-state index contributed by atoms with van der Waals surface area (Å²) in [4.78, 5) is 11.6. The zero-order valence-corrected chi connectivity index (χ0v) is 11.3. The molecule has 1 heteroatoms. The van der Waals surface area contributed by atoms with Crippen LogP contribution in [0.5, 0.6) is 0 Å². The Morgan fingerprint density at radius 1 is 1.44 bits per heavy atom. The molecule has 0 aliphatic heterocycles. The smallest absolute Gasteiger partial charge is 0.158 e. The molecule has 0 saturated carbocycles. The monoisotopic (exact) mass is 220 g/mol. The Balaban J connectivity index is 3.06. The van der Waals surface area contributed by atoms with Crippen LogP contribution < -0.4 is 0 Å². The van der Waals surface area contributed by atoms with E-state index >= 15 is 0 Å². The Morgan fingerprint density at radius 2 is 2.06 bits per heavy atom. The molecule has 1 rings (SSSR count). The van der Waals surface area contributed by atoms with Crippen molar-refractivity contribution in [3.63, 3.8) is 0 Å². The van der Waals surface area contributed by atoms with E-state index in [0.717, 1.165) is 5.57 Å². The van der Waals surface area contributed by atoms with E-state index in [2.05, 4.69) is 26.8 Å². The van der Waals surface area contributed by atoms with E-state index in [-0.39, 0.29) is 11.2 Å². The van der Waals surface area contributed by atoms with Gasteiger partial charge >= 0.3 is 0 Å². The summed E-state index contributed by atoms with van der Waals surface area (Å²) in [7, 11) is 0. The number of ketones is 1. The summed E-state index contributed by atoms with van der Waals surface area (Å²) < 4.78 is 0. The molecule has 0 fully saturated rings. The summed E-state index contributed by atoms with van der Waals surface area (Å²) >= 11 is 0. The molecule has 0 saturated heterocycles. The first-order valence-corrected chi connectivity index (χ1v) is 6.30. The summed E-state index contributed by atoms with van der Waals surface area (Å²) in [5.41, 5.74) is 3.99. The average Bonchev–Trinajstić information content (AvgIpc) is 2.21. The summed E-state index contributed by atoms with van der Waals surface area (Å²) in [6.07, 6.45) is 6.42. The second-order valence-electron chi connectivity index (χ2n) is 5.54. The van der Waals surface area contributed by atoms with Crippen LogP contribution in [0, 0.1) is 5.41 Å². The van der Waals surface area contributed by atoms with Crippen molar-refractivity contribution < 1.29 is 4.79 Å². The highest BCUT2D eigenvalue weighted by Crippen LogP contribution is 2.41. The lowest BCUT2D eigenvalue weighted by Gasteiger charge is -2.33. The molecule has 1 aliphatic carbocycles. The van der Waals surface area contributed by atoms with Crippen molar-refractivity contribution in [1.82, 2.24) is 0 Å². The fourth-order valence-electron chi connectivity index (χ4n) is 2.54. The minimum absolute atomic E-state index is 0.234. The van der Waals surface area contributed by atoms with E-state index in [1.807, 2.05) is 13.8 Å². The second-order valence-corrected chi connectivity index (χ2v) is 5.54. The SMILES string of the molecule is CCC(=O)C(C)=CC1=C(C)CCCC1(C)C. The normalized spacial score (nSPS) is 21.2. The van der Waals surface area contributed by atoms with Gasteiger partial charge in [-0.05, 0) is 49.7 Å². The number of rotatable bonds is 3. The van der Waals surface area contributed by atoms with Crippen LogP contribution in [-0.2, 0) is 4.79 Å². The first-order chi connectivity index (χ1) is 7.38. The Labute approximate surface area is 99.6 Å². The molecule has 0 aromatic carbocycles. The maximum absolute atomic E-state index is 11.6. The number of carbonyl (C=O) groups excluding carboxylic acids is 1. The van der Waals surface area contributed by atoms with E-state index in [4.69, 9.17) is 0 Å². The van der Waals surface area contributed by atoms with E-state index in [0.29, 0.717) is 6.42 Å². The van der Waals surface area contributed by atoms with Crippen LogP contribution in [0.15, 0.2) is 22.8 Å². The van der Waals surface area contributed by atoms with Crippen molar-refractivity contribution in [2.75, 3.05) is 0 Å². The van der Waals surface area contributed by atoms with Crippen molar-refractivity contribution in [2.45, 2.75) is 60.3 Å².